The molecule has 1 aromatic rings. The van der Waals surface area contributed by atoms with Crippen molar-refractivity contribution in [3.8, 4) is 0 Å². The van der Waals surface area contributed by atoms with Crippen LogP contribution in [0.4, 0.5) is 0 Å². The quantitative estimate of drug-likeness (QED) is 0.770. The van der Waals surface area contributed by atoms with Crippen molar-refractivity contribution in [1.82, 2.24) is 10.6 Å². The number of rotatable bonds is 6. The lowest BCUT2D eigenvalue weighted by molar-refractivity contribution is -0.121. The lowest BCUT2D eigenvalue weighted by atomic mass is 10.0. The number of hydrogen-bond donors (Lipinski definition) is 2. The van der Waals surface area contributed by atoms with Crippen molar-refractivity contribution in [1.29, 1.82) is 0 Å². The second kappa shape index (κ2) is 7.95. The summed E-state index contributed by atoms with van der Waals surface area (Å²) >= 11 is 0. The zero-order valence-electron chi connectivity index (χ0n) is 11.5. The maximum atomic E-state index is 11.8. The zero-order valence-corrected chi connectivity index (χ0v) is 11.5. The van der Waals surface area contributed by atoms with E-state index in [1.54, 1.807) is 0 Å². The summed E-state index contributed by atoms with van der Waals surface area (Å²) in [7, 11) is 0. The number of nitrogens with one attached hydrogen (secondary N) is 2. The summed E-state index contributed by atoms with van der Waals surface area (Å²) in [5.41, 5.74) is 1.34. The molecule has 0 bridgehead atoms. The van der Waals surface area contributed by atoms with Gasteiger partial charge in [-0.05, 0) is 37.8 Å². The van der Waals surface area contributed by atoms with Gasteiger partial charge in [0.05, 0.1) is 0 Å². The van der Waals surface area contributed by atoms with E-state index < -0.39 is 0 Å². The SMILES string of the molecule is O=C(CC1CCCCN1)NCCCc1ccccc1. The lowest BCUT2D eigenvalue weighted by Gasteiger charge is -2.22. The number of aryl methyl sites for hydroxylation is 1. The van der Waals surface area contributed by atoms with Crippen LogP contribution in [0.25, 0.3) is 0 Å². The van der Waals surface area contributed by atoms with Crippen LogP contribution in [0.5, 0.6) is 0 Å². The predicted molar refractivity (Wildman–Crippen MR) is 78.0 cm³/mol. The van der Waals surface area contributed by atoms with Crippen molar-refractivity contribution in [2.45, 2.75) is 44.6 Å². The second-order valence-corrected chi connectivity index (χ2v) is 5.29. The Morgan fingerprint density at radius 1 is 1.26 bits per heavy atom. The first-order chi connectivity index (χ1) is 9.34. The maximum Gasteiger partial charge on any atom is 0.221 e. The molecule has 1 fully saturated rings. The summed E-state index contributed by atoms with van der Waals surface area (Å²) in [6, 6.07) is 10.8. The summed E-state index contributed by atoms with van der Waals surface area (Å²) in [6.45, 7) is 1.84. The number of hydrogen-bond acceptors (Lipinski definition) is 2. The molecule has 1 atom stereocenters. The van der Waals surface area contributed by atoms with Gasteiger partial charge in [-0.3, -0.25) is 4.79 Å². The molecule has 3 heteroatoms. The van der Waals surface area contributed by atoms with Gasteiger partial charge in [-0.1, -0.05) is 36.8 Å². The minimum Gasteiger partial charge on any atom is -0.356 e. The van der Waals surface area contributed by atoms with Crippen molar-refractivity contribution in [2.24, 2.45) is 0 Å². The first-order valence-electron chi connectivity index (χ1n) is 7.38. The fraction of sp³-hybridized carbons (Fsp3) is 0.562. The van der Waals surface area contributed by atoms with Crippen molar-refractivity contribution < 1.29 is 4.79 Å². The van der Waals surface area contributed by atoms with Gasteiger partial charge < -0.3 is 10.6 Å². The number of amides is 1. The Labute approximate surface area is 115 Å². The number of carbonyl (C=O) groups is 1. The zero-order chi connectivity index (χ0) is 13.3. The lowest BCUT2D eigenvalue weighted by Crippen LogP contribution is -2.39. The normalized spacial score (nSPS) is 19.1. The van der Waals surface area contributed by atoms with Crippen LogP contribution in [0.2, 0.25) is 0 Å². The first-order valence-corrected chi connectivity index (χ1v) is 7.38. The molecule has 19 heavy (non-hydrogen) atoms. The number of piperidine rings is 1. The summed E-state index contributed by atoms with van der Waals surface area (Å²) < 4.78 is 0. The molecule has 0 spiro atoms. The Morgan fingerprint density at radius 3 is 2.84 bits per heavy atom. The van der Waals surface area contributed by atoms with E-state index in [-0.39, 0.29) is 5.91 Å². The van der Waals surface area contributed by atoms with Crippen LogP contribution in [-0.4, -0.2) is 25.0 Å². The molecule has 1 unspecified atom stereocenters. The van der Waals surface area contributed by atoms with Crippen molar-refractivity contribution in [3.05, 3.63) is 35.9 Å². The van der Waals surface area contributed by atoms with Crippen LogP contribution in [0.3, 0.4) is 0 Å². The molecule has 0 aliphatic carbocycles. The third-order valence-electron chi connectivity index (χ3n) is 3.65. The molecule has 1 aliphatic rings. The van der Waals surface area contributed by atoms with Crippen LogP contribution in [0.1, 0.15) is 37.7 Å². The van der Waals surface area contributed by atoms with E-state index in [0.29, 0.717) is 12.5 Å². The summed E-state index contributed by atoms with van der Waals surface area (Å²) in [4.78, 5) is 11.8. The molecule has 104 valence electrons. The topological polar surface area (TPSA) is 41.1 Å². The Balaban J connectivity index is 1.56. The van der Waals surface area contributed by atoms with Gasteiger partial charge in [-0.2, -0.15) is 0 Å². The minimum absolute atomic E-state index is 0.187. The highest BCUT2D eigenvalue weighted by atomic mass is 16.1. The summed E-state index contributed by atoms with van der Waals surface area (Å²) in [6.07, 6.45) is 6.30. The van der Waals surface area contributed by atoms with Gasteiger partial charge in [0.15, 0.2) is 0 Å². The molecular weight excluding hydrogens is 236 g/mol. The molecule has 1 heterocycles. The van der Waals surface area contributed by atoms with Gasteiger partial charge in [0.2, 0.25) is 5.91 Å². The smallest absolute Gasteiger partial charge is 0.221 e. The fourth-order valence-corrected chi connectivity index (χ4v) is 2.56. The number of carbonyl (C=O) groups excluding carboxylic acids is 1. The molecular formula is C16H24N2O. The van der Waals surface area contributed by atoms with E-state index in [0.717, 1.165) is 32.4 Å². The average Bonchev–Trinajstić information content (AvgIpc) is 2.46. The second-order valence-electron chi connectivity index (χ2n) is 5.29. The monoisotopic (exact) mass is 260 g/mol. The van der Waals surface area contributed by atoms with Crippen LogP contribution in [0.15, 0.2) is 30.3 Å². The molecule has 2 rings (SSSR count). The van der Waals surface area contributed by atoms with Crippen LogP contribution < -0.4 is 10.6 Å². The van der Waals surface area contributed by atoms with Crippen molar-refractivity contribution in [2.75, 3.05) is 13.1 Å². The van der Waals surface area contributed by atoms with E-state index >= 15 is 0 Å². The number of benzene rings is 1. The molecule has 1 amide bonds. The van der Waals surface area contributed by atoms with E-state index in [9.17, 15) is 4.79 Å². The van der Waals surface area contributed by atoms with Gasteiger partial charge >= 0.3 is 0 Å². The van der Waals surface area contributed by atoms with Gasteiger partial charge in [0, 0.05) is 19.0 Å². The highest BCUT2D eigenvalue weighted by Crippen LogP contribution is 2.09. The molecule has 1 aromatic carbocycles. The molecule has 1 aliphatic heterocycles. The molecule has 0 saturated carbocycles. The third-order valence-corrected chi connectivity index (χ3v) is 3.65. The Morgan fingerprint density at radius 2 is 2.11 bits per heavy atom. The predicted octanol–water partition coefficient (Wildman–Crippen LogP) is 2.27. The first kappa shape index (κ1) is 14.1. The van der Waals surface area contributed by atoms with Crippen LogP contribution in [-0.2, 0) is 11.2 Å². The average molecular weight is 260 g/mol. The highest BCUT2D eigenvalue weighted by molar-refractivity contribution is 5.76. The molecule has 1 saturated heterocycles. The third kappa shape index (κ3) is 5.43. The summed E-state index contributed by atoms with van der Waals surface area (Å²) in [5.74, 6) is 0.187. The van der Waals surface area contributed by atoms with Crippen LogP contribution >= 0.6 is 0 Å². The minimum atomic E-state index is 0.187. The molecule has 2 N–H and O–H groups in total. The largest absolute Gasteiger partial charge is 0.356 e. The van der Waals surface area contributed by atoms with E-state index in [1.807, 2.05) is 6.07 Å². The Hall–Kier alpha value is -1.35. The van der Waals surface area contributed by atoms with Crippen LogP contribution in [0, 0.1) is 0 Å². The molecule has 0 aromatic heterocycles. The van der Waals surface area contributed by atoms with E-state index in [4.69, 9.17) is 0 Å². The van der Waals surface area contributed by atoms with E-state index in [1.165, 1.54) is 18.4 Å². The standard InChI is InChI=1S/C16H24N2O/c19-16(13-15-10-4-5-11-17-15)18-12-6-9-14-7-2-1-3-8-14/h1-3,7-8,15,17H,4-6,9-13H2,(H,18,19). The molecule has 3 nitrogen and oxygen atoms in total. The Kier molecular flexibility index (Phi) is 5.89. The van der Waals surface area contributed by atoms with Gasteiger partial charge in [0.1, 0.15) is 0 Å². The molecule has 0 radical (unpaired) electrons. The summed E-state index contributed by atoms with van der Waals surface area (Å²) in [5, 5.41) is 6.43. The van der Waals surface area contributed by atoms with Crippen molar-refractivity contribution >= 4 is 5.91 Å². The Bertz CT molecular complexity index is 372. The fourth-order valence-electron chi connectivity index (χ4n) is 2.56. The van der Waals surface area contributed by atoms with E-state index in [2.05, 4.69) is 34.9 Å². The van der Waals surface area contributed by atoms with Crippen molar-refractivity contribution in [3.63, 3.8) is 0 Å². The van der Waals surface area contributed by atoms with Gasteiger partial charge in [-0.25, -0.2) is 0 Å². The van der Waals surface area contributed by atoms with Gasteiger partial charge in [0.25, 0.3) is 0 Å². The maximum absolute atomic E-state index is 11.8. The van der Waals surface area contributed by atoms with Gasteiger partial charge in [-0.15, -0.1) is 0 Å². The highest BCUT2D eigenvalue weighted by Gasteiger charge is 2.15.